The SMILES string of the molecule is CSc1nc(N)c2ncn([C@@H]3[C@H](O)[C@@H](O)[C@@]4(CO)C[C@H]34)c2n1. The summed E-state index contributed by atoms with van der Waals surface area (Å²) in [7, 11) is 0. The second kappa shape index (κ2) is 4.54. The van der Waals surface area contributed by atoms with Gasteiger partial charge in [0.05, 0.1) is 25.1 Å². The fourth-order valence-corrected chi connectivity index (χ4v) is 4.14. The van der Waals surface area contributed by atoms with E-state index in [1.807, 2.05) is 6.26 Å². The van der Waals surface area contributed by atoms with Crippen molar-refractivity contribution in [2.24, 2.45) is 11.3 Å². The van der Waals surface area contributed by atoms with Gasteiger partial charge in [-0.15, -0.1) is 0 Å². The van der Waals surface area contributed by atoms with Gasteiger partial charge in [0.1, 0.15) is 11.6 Å². The monoisotopic (exact) mass is 323 g/mol. The van der Waals surface area contributed by atoms with Crippen molar-refractivity contribution in [1.29, 1.82) is 0 Å². The van der Waals surface area contributed by atoms with Crippen LogP contribution in [0.3, 0.4) is 0 Å². The van der Waals surface area contributed by atoms with Crippen molar-refractivity contribution < 1.29 is 15.3 Å². The standard InChI is InChI=1S/C13H17N5O3S/c1-22-12-16-10(14)6-11(17-12)18(4-15-6)7-5-2-13(5,3-19)9(21)8(7)20/h4-5,7-9,19-21H,2-3H2,1H3,(H2,14,16,17)/t5-,7+,8+,9-,13-/m1/s1. The van der Waals surface area contributed by atoms with E-state index in [1.54, 1.807) is 10.9 Å². The molecule has 2 aromatic heterocycles. The molecule has 8 nitrogen and oxygen atoms in total. The van der Waals surface area contributed by atoms with Gasteiger partial charge < -0.3 is 25.6 Å². The third kappa shape index (κ3) is 1.62. The van der Waals surface area contributed by atoms with Gasteiger partial charge in [-0.25, -0.2) is 15.0 Å². The molecule has 0 aromatic carbocycles. The number of nitrogens with zero attached hydrogens (tertiary/aromatic N) is 4. The lowest BCUT2D eigenvalue weighted by Crippen LogP contribution is -2.35. The van der Waals surface area contributed by atoms with Crippen molar-refractivity contribution in [3.05, 3.63) is 6.33 Å². The van der Waals surface area contributed by atoms with Gasteiger partial charge in [-0.3, -0.25) is 0 Å². The molecule has 2 saturated carbocycles. The molecular weight excluding hydrogens is 306 g/mol. The summed E-state index contributed by atoms with van der Waals surface area (Å²) in [4.78, 5) is 12.8. The van der Waals surface area contributed by atoms with E-state index in [0.29, 0.717) is 28.6 Å². The molecule has 0 saturated heterocycles. The van der Waals surface area contributed by atoms with E-state index < -0.39 is 17.6 Å². The van der Waals surface area contributed by atoms with Crippen molar-refractivity contribution >= 4 is 28.7 Å². The molecule has 0 amide bonds. The molecule has 0 unspecified atom stereocenters. The van der Waals surface area contributed by atoms with Crippen LogP contribution in [0, 0.1) is 11.3 Å². The number of aliphatic hydroxyl groups is 3. The van der Waals surface area contributed by atoms with Gasteiger partial charge in [0.15, 0.2) is 16.6 Å². The highest BCUT2D eigenvalue weighted by molar-refractivity contribution is 7.98. The van der Waals surface area contributed by atoms with Crippen LogP contribution in [-0.4, -0.2) is 59.9 Å². The zero-order chi connectivity index (χ0) is 15.6. The normalized spacial score (nSPS) is 36.7. The summed E-state index contributed by atoms with van der Waals surface area (Å²) in [5.74, 6) is 0.305. The molecular formula is C13H17N5O3S. The minimum atomic E-state index is -0.961. The third-order valence-electron chi connectivity index (χ3n) is 5.08. The summed E-state index contributed by atoms with van der Waals surface area (Å²) in [5.41, 5.74) is 6.35. The van der Waals surface area contributed by atoms with Crippen LogP contribution in [0.4, 0.5) is 5.82 Å². The predicted molar refractivity (Wildman–Crippen MR) is 80.2 cm³/mol. The van der Waals surface area contributed by atoms with E-state index in [1.165, 1.54) is 11.8 Å². The molecule has 2 aromatic rings. The predicted octanol–water partition coefficient (Wildman–Crippen LogP) is -0.595. The highest BCUT2D eigenvalue weighted by Crippen LogP contribution is 2.67. The van der Waals surface area contributed by atoms with E-state index in [-0.39, 0.29) is 18.6 Å². The maximum atomic E-state index is 10.4. The van der Waals surface area contributed by atoms with Crippen molar-refractivity contribution in [2.45, 2.75) is 29.8 Å². The number of hydrogen-bond acceptors (Lipinski definition) is 8. The fourth-order valence-electron chi connectivity index (χ4n) is 3.78. The number of nitrogen functional groups attached to an aromatic ring is 1. The molecule has 5 atom stereocenters. The molecule has 4 rings (SSSR count). The van der Waals surface area contributed by atoms with Crippen LogP contribution in [0.2, 0.25) is 0 Å². The van der Waals surface area contributed by atoms with E-state index in [4.69, 9.17) is 5.73 Å². The summed E-state index contributed by atoms with van der Waals surface area (Å²) in [6.07, 6.45) is 2.21. The highest BCUT2D eigenvalue weighted by Gasteiger charge is 2.71. The van der Waals surface area contributed by atoms with Gasteiger partial charge >= 0.3 is 0 Å². The minimum Gasteiger partial charge on any atom is -0.396 e. The number of aromatic nitrogens is 4. The Hall–Kier alpha value is -1.42. The lowest BCUT2D eigenvalue weighted by molar-refractivity contribution is -0.0300. The number of rotatable bonds is 3. The quantitative estimate of drug-likeness (QED) is 0.435. The van der Waals surface area contributed by atoms with Gasteiger partial charge in [0.25, 0.3) is 0 Å². The van der Waals surface area contributed by atoms with Crippen LogP contribution in [0.15, 0.2) is 11.5 Å². The lowest BCUT2D eigenvalue weighted by Gasteiger charge is -2.23. The molecule has 0 radical (unpaired) electrons. The van der Waals surface area contributed by atoms with Crippen molar-refractivity contribution in [2.75, 3.05) is 18.6 Å². The number of nitrogens with two attached hydrogens (primary N) is 1. The number of fused-ring (bicyclic) bond motifs is 2. The molecule has 2 aliphatic carbocycles. The zero-order valence-electron chi connectivity index (χ0n) is 11.9. The average molecular weight is 323 g/mol. The summed E-state index contributed by atoms with van der Waals surface area (Å²) >= 11 is 1.37. The Bertz CT molecular complexity index is 753. The summed E-state index contributed by atoms with van der Waals surface area (Å²) < 4.78 is 1.76. The van der Waals surface area contributed by atoms with Crippen LogP contribution >= 0.6 is 11.8 Å². The van der Waals surface area contributed by atoms with Crippen LogP contribution < -0.4 is 5.73 Å². The van der Waals surface area contributed by atoms with Crippen LogP contribution in [0.25, 0.3) is 11.2 Å². The summed E-state index contributed by atoms with van der Waals surface area (Å²) in [6, 6.07) is -0.365. The first-order valence-corrected chi connectivity index (χ1v) is 8.27. The van der Waals surface area contributed by atoms with E-state index in [9.17, 15) is 15.3 Å². The van der Waals surface area contributed by atoms with Crippen molar-refractivity contribution in [3.63, 3.8) is 0 Å². The summed E-state index contributed by atoms with van der Waals surface area (Å²) in [6.45, 7) is -0.133. The first-order chi connectivity index (χ1) is 10.5. The second-order valence-corrected chi connectivity index (χ2v) is 6.82. The fraction of sp³-hybridized carbons (Fsp3) is 0.615. The Morgan fingerprint density at radius 1 is 1.45 bits per heavy atom. The summed E-state index contributed by atoms with van der Waals surface area (Å²) in [5, 5.41) is 30.7. The first-order valence-electron chi connectivity index (χ1n) is 7.04. The highest BCUT2D eigenvalue weighted by atomic mass is 32.2. The molecule has 5 N–H and O–H groups in total. The maximum absolute atomic E-state index is 10.4. The molecule has 2 heterocycles. The van der Waals surface area contributed by atoms with Gasteiger partial charge in [0.2, 0.25) is 0 Å². The third-order valence-corrected chi connectivity index (χ3v) is 5.63. The van der Waals surface area contributed by atoms with Crippen LogP contribution in [-0.2, 0) is 0 Å². The van der Waals surface area contributed by atoms with Gasteiger partial charge in [-0.1, -0.05) is 11.8 Å². The topological polar surface area (TPSA) is 130 Å². The van der Waals surface area contributed by atoms with Crippen molar-refractivity contribution in [1.82, 2.24) is 19.5 Å². The average Bonchev–Trinajstić information content (AvgIpc) is 3.03. The van der Waals surface area contributed by atoms with Gasteiger partial charge in [0, 0.05) is 5.41 Å². The Balaban J connectivity index is 1.84. The molecule has 0 bridgehead atoms. The van der Waals surface area contributed by atoms with Gasteiger partial charge in [-0.2, -0.15) is 0 Å². The van der Waals surface area contributed by atoms with Crippen LogP contribution in [0.1, 0.15) is 12.5 Å². The smallest absolute Gasteiger partial charge is 0.191 e. The number of hydrogen-bond donors (Lipinski definition) is 4. The molecule has 0 spiro atoms. The number of aliphatic hydroxyl groups excluding tert-OH is 3. The Morgan fingerprint density at radius 2 is 2.23 bits per heavy atom. The molecule has 2 fully saturated rings. The Morgan fingerprint density at radius 3 is 2.86 bits per heavy atom. The van der Waals surface area contributed by atoms with E-state index >= 15 is 0 Å². The lowest BCUT2D eigenvalue weighted by atomic mass is 10.0. The minimum absolute atomic E-state index is 0.00817. The molecule has 22 heavy (non-hydrogen) atoms. The van der Waals surface area contributed by atoms with Gasteiger partial charge in [-0.05, 0) is 18.6 Å². The second-order valence-electron chi connectivity index (χ2n) is 6.05. The first kappa shape index (κ1) is 14.2. The van der Waals surface area contributed by atoms with Crippen molar-refractivity contribution in [3.8, 4) is 0 Å². The Kier molecular flexibility index (Phi) is 2.93. The van der Waals surface area contributed by atoms with Crippen LogP contribution in [0.5, 0.6) is 0 Å². The zero-order valence-corrected chi connectivity index (χ0v) is 12.7. The number of thioether (sulfide) groups is 1. The molecule has 9 heteroatoms. The van der Waals surface area contributed by atoms with E-state index in [0.717, 1.165) is 0 Å². The largest absolute Gasteiger partial charge is 0.396 e. The Labute approximate surface area is 130 Å². The molecule has 118 valence electrons. The van der Waals surface area contributed by atoms with E-state index in [2.05, 4.69) is 15.0 Å². The molecule has 0 aliphatic heterocycles. The molecule has 2 aliphatic rings. The number of anilines is 1. The maximum Gasteiger partial charge on any atom is 0.191 e. The number of imidazole rings is 1.